The number of halogens is 1. The van der Waals surface area contributed by atoms with Gasteiger partial charge < -0.3 is 15.1 Å². The molecule has 0 bridgehead atoms. The van der Waals surface area contributed by atoms with Gasteiger partial charge in [0.05, 0.1) is 12.5 Å². The molecule has 1 fully saturated rings. The predicted molar refractivity (Wildman–Crippen MR) is 177 cm³/mol. The van der Waals surface area contributed by atoms with E-state index in [9.17, 15) is 4.79 Å². The summed E-state index contributed by atoms with van der Waals surface area (Å²) in [6.07, 6.45) is 16.6. The van der Waals surface area contributed by atoms with Crippen molar-refractivity contribution < 1.29 is 4.79 Å². The van der Waals surface area contributed by atoms with Gasteiger partial charge in [0.2, 0.25) is 5.91 Å². The van der Waals surface area contributed by atoms with Crippen molar-refractivity contribution >= 4 is 34.6 Å². The van der Waals surface area contributed by atoms with Gasteiger partial charge >= 0.3 is 0 Å². The molecular weight excluding hydrogens is 538 g/mol. The molecule has 1 saturated carbocycles. The molecule has 1 aliphatic heterocycles. The van der Waals surface area contributed by atoms with E-state index in [0.29, 0.717) is 17.5 Å². The van der Waals surface area contributed by atoms with Crippen LogP contribution in [0.2, 0.25) is 5.02 Å². The summed E-state index contributed by atoms with van der Waals surface area (Å²) in [5, 5.41) is 4.45. The molecule has 42 heavy (non-hydrogen) atoms. The van der Waals surface area contributed by atoms with Gasteiger partial charge in [-0.2, -0.15) is 0 Å². The first kappa shape index (κ1) is 28.4. The number of carbonyl (C=O) groups excluding carboxylic acids is 1. The highest BCUT2D eigenvalue weighted by atomic mass is 35.5. The number of nitrogens with zero attached hydrogens (tertiary/aromatic N) is 2. The number of nitrogens with one attached hydrogen (secondary N) is 1. The van der Waals surface area contributed by atoms with Crippen molar-refractivity contribution in [3.8, 4) is 0 Å². The molecule has 2 aliphatic carbocycles. The molecule has 3 aromatic rings. The maximum Gasteiger partial charge on any atom is 0.232 e. The van der Waals surface area contributed by atoms with Crippen LogP contribution < -0.4 is 15.1 Å². The lowest BCUT2D eigenvalue weighted by atomic mass is 9.87. The van der Waals surface area contributed by atoms with Gasteiger partial charge in [0.1, 0.15) is 0 Å². The standard InChI is InChI=1S/C37H40ClN3O/c1-26-7-3-4-8-27(12-11-26)25-40(2)33-19-21-34(22-20-33)41-36(42)23-29-15-18-32(39-31-9-5-6-10-31)24-35(29)37(41)28-13-16-30(38)17-14-28/h4,8,11-22,24,31,37,39H,3,5-7,9-10,23,25H2,1-2H3. The molecular formula is C37H40ClN3O. The molecule has 4 nitrogen and oxygen atoms in total. The lowest BCUT2D eigenvalue weighted by Gasteiger charge is -2.38. The van der Waals surface area contributed by atoms with Crippen molar-refractivity contribution in [2.75, 3.05) is 28.7 Å². The summed E-state index contributed by atoms with van der Waals surface area (Å²) >= 11 is 6.29. The first-order chi connectivity index (χ1) is 20.4. The first-order valence-electron chi connectivity index (χ1n) is 15.3. The zero-order valence-electron chi connectivity index (χ0n) is 24.7. The first-order valence-corrected chi connectivity index (χ1v) is 15.6. The maximum atomic E-state index is 13.8. The summed E-state index contributed by atoms with van der Waals surface area (Å²) in [6.45, 7) is 3.01. The van der Waals surface area contributed by atoms with E-state index < -0.39 is 0 Å². The molecule has 3 aromatic carbocycles. The maximum absolute atomic E-state index is 13.8. The fraction of sp³-hybridized carbons (Fsp3) is 0.324. The molecule has 0 aromatic heterocycles. The van der Waals surface area contributed by atoms with E-state index in [1.807, 2.05) is 29.2 Å². The highest BCUT2D eigenvalue weighted by Gasteiger charge is 2.35. The number of benzene rings is 3. The molecule has 1 unspecified atom stereocenters. The number of rotatable bonds is 7. The fourth-order valence-corrected chi connectivity index (χ4v) is 6.60. The molecule has 5 heteroatoms. The Morgan fingerprint density at radius 2 is 1.74 bits per heavy atom. The molecule has 3 aliphatic rings. The van der Waals surface area contributed by atoms with Crippen LogP contribution in [-0.4, -0.2) is 25.5 Å². The Morgan fingerprint density at radius 3 is 2.50 bits per heavy atom. The molecule has 6 rings (SSSR count). The second kappa shape index (κ2) is 12.6. The second-order valence-electron chi connectivity index (χ2n) is 12.0. The summed E-state index contributed by atoms with van der Waals surface area (Å²) in [5.41, 5.74) is 9.17. The molecule has 0 spiro atoms. The van der Waals surface area contributed by atoms with Crippen LogP contribution in [-0.2, 0) is 11.2 Å². The summed E-state index contributed by atoms with van der Waals surface area (Å²) < 4.78 is 0. The van der Waals surface area contributed by atoms with E-state index in [0.717, 1.165) is 47.6 Å². The van der Waals surface area contributed by atoms with Crippen LogP contribution in [0.25, 0.3) is 0 Å². The Labute approximate surface area is 255 Å². The third kappa shape index (κ3) is 6.34. The zero-order chi connectivity index (χ0) is 29.1. The molecule has 1 heterocycles. The lowest BCUT2D eigenvalue weighted by Crippen LogP contribution is -2.41. The fourth-order valence-electron chi connectivity index (χ4n) is 6.48. The van der Waals surface area contributed by atoms with Gasteiger partial charge in [-0.3, -0.25) is 4.79 Å². The minimum absolute atomic E-state index is 0.104. The van der Waals surface area contributed by atoms with Crippen molar-refractivity contribution in [3.05, 3.63) is 124 Å². The number of likely N-dealkylation sites (N-methyl/N-ethyl adjacent to an activating group) is 1. The van der Waals surface area contributed by atoms with Crippen LogP contribution in [0.3, 0.4) is 0 Å². The smallest absolute Gasteiger partial charge is 0.232 e. The van der Waals surface area contributed by atoms with Crippen molar-refractivity contribution in [1.82, 2.24) is 0 Å². The van der Waals surface area contributed by atoms with Gasteiger partial charge in [-0.05, 0) is 103 Å². The normalized spacial score (nSPS) is 19.1. The molecule has 1 N–H and O–H groups in total. The summed E-state index contributed by atoms with van der Waals surface area (Å²) in [7, 11) is 2.12. The summed E-state index contributed by atoms with van der Waals surface area (Å²) in [4.78, 5) is 18.0. The molecule has 1 atom stereocenters. The van der Waals surface area contributed by atoms with Gasteiger partial charge in [-0.25, -0.2) is 0 Å². The highest BCUT2D eigenvalue weighted by molar-refractivity contribution is 6.30. The molecule has 0 radical (unpaired) electrons. The van der Waals surface area contributed by atoms with Crippen molar-refractivity contribution in [3.63, 3.8) is 0 Å². The number of carbonyl (C=O) groups is 1. The average molecular weight is 578 g/mol. The third-order valence-corrected chi connectivity index (χ3v) is 9.08. The Hall–Kier alpha value is -3.76. The topological polar surface area (TPSA) is 35.6 Å². The van der Waals surface area contributed by atoms with E-state index in [4.69, 9.17) is 11.6 Å². The van der Waals surface area contributed by atoms with E-state index in [1.54, 1.807) is 0 Å². The number of allylic oxidation sites excluding steroid dienone is 4. The Kier molecular flexibility index (Phi) is 8.53. The van der Waals surface area contributed by atoms with Crippen LogP contribution in [0, 0.1) is 0 Å². The minimum atomic E-state index is -0.229. The lowest BCUT2D eigenvalue weighted by molar-refractivity contribution is -0.118. The van der Waals surface area contributed by atoms with Crippen LogP contribution in [0.1, 0.15) is 68.2 Å². The summed E-state index contributed by atoms with van der Waals surface area (Å²) in [6, 6.07) is 23.2. The van der Waals surface area contributed by atoms with Crippen molar-refractivity contribution in [2.45, 2.75) is 64.0 Å². The third-order valence-electron chi connectivity index (χ3n) is 8.83. The Balaban J connectivity index is 1.30. The van der Waals surface area contributed by atoms with Crippen LogP contribution in [0.4, 0.5) is 17.1 Å². The molecule has 216 valence electrons. The van der Waals surface area contributed by atoms with Crippen LogP contribution in [0.15, 0.2) is 102 Å². The van der Waals surface area contributed by atoms with E-state index in [-0.39, 0.29) is 11.9 Å². The van der Waals surface area contributed by atoms with E-state index >= 15 is 0 Å². The highest BCUT2D eigenvalue weighted by Crippen LogP contribution is 2.41. The van der Waals surface area contributed by atoms with Crippen molar-refractivity contribution in [1.29, 1.82) is 0 Å². The van der Waals surface area contributed by atoms with E-state index in [1.165, 1.54) is 42.4 Å². The van der Waals surface area contributed by atoms with Gasteiger partial charge in [-0.15, -0.1) is 0 Å². The SMILES string of the molecule is CC1=CC=C(CN(C)c2ccc(N3C(=O)Cc4ccc(NC5CCCC5)cc4C3c3ccc(Cl)cc3)cc2)C=CCC1. The molecule has 0 saturated heterocycles. The monoisotopic (exact) mass is 577 g/mol. The minimum Gasteiger partial charge on any atom is -0.382 e. The number of hydrogen-bond donors (Lipinski definition) is 1. The van der Waals surface area contributed by atoms with Gasteiger partial charge in [0.25, 0.3) is 0 Å². The average Bonchev–Trinajstić information content (AvgIpc) is 3.50. The predicted octanol–water partition coefficient (Wildman–Crippen LogP) is 9.03. The molecule has 1 amide bonds. The Bertz CT molecular complexity index is 1510. The van der Waals surface area contributed by atoms with Crippen molar-refractivity contribution in [2.24, 2.45) is 0 Å². The second-order valence-corrected chi connectivity index (χ2v) is 12.4. The quantitative estimate of drug-likeness (QED) is 0.304. The van der Waals surface area contributed by atoms with Crippen LogP contribution in [0.5, 0.6) is 0 Å². The van der Waals surface area contributed by atoms with Gasteiger partial charge in [0.15, 0.2) is 0 Å². The number of fused-ring (bicyclic) bond motifs is 1. The van der Waals surface area contributed by atoms with E-state index in [2.05, 4.69) is 91.0 Å². The van der Waals surface area contributed by atoms with Crippen LogP contribution >= 0.6 is 11.6 Å². The number of hydrogen-bond acceptors (Lipinski definition) is 3. The number of amides is 1. The summed E-state index contributed by atoms with van der Waals surface area (Å²) in [5.74, 6) is 0.104. The Morgan fingerprint density at radius 1 is 0.976 bits per heavy atom. The largest absolute Gasteiger partial charge is 0.382 e. The van der Waals surface area contributed by atoms with Gasteiger partial charge in [0, 0.05) is 41.7 Å². The zero-order valence-corrected chi connectivity index (χ0v) is 25.4. The van der Waals surface area contributed by atoms with Gasteiger partial charge in [-0.1, -0.05) is 72.5 Å². The number of anilines is 3.